The van der Waals surface area contributed by atoms with Crippen molar-refractivity contribution in [3.05, 3.63) is 46.8 Å². The van der Waals surface area contributed by atoms with E-state index >= 15 is 0 Å². The van der Waals surface area contributed by atoms with Crippen molar-refractivity contribution in [2.45, 2.75) is 13.3 Å². The Balaban J connectivity index is 2.34. The van der Waals surface area contributed by atoms with E-state index in [1.165, 1.54) is 5.56 Å². The van der Waals surface area contributed by atoms with E-state index < -0.39 is 0 Å². The minimum Gasteiger partial charge on any atom is -0.469 e. The van der Waals surface area contributed by atoms with Gasteiger partial charge in [0, 0.05) is 16.5 Å². The lowest BCUT2D eigenvalue weighted by Gasteiger charge is -1.95. The summed E-state index contributed by atoms with van der Waals surface area (Å²) in [6.45, 7) is 2.09. The number of hydrogen-bond donors (Lipinski definition) is 0. The van der Waals surface area contributed by atoms with Crippen LogP contribution in [0.5, 0.6) is 0 Å². The fraction of sp³-hybridized carbons (Fsp3) is 0.167. The highest BCUT2D eigenvalue weighted by Crippen LogP contribution is 2.23. The summed E-state index contributed by atoms with van der Waals surface area (Å²) in [6.07, 6.45) is 2.75. The van der Waals surface area contributed by atoms with Gasteiger partial charge in [-0.1, -0.05) is 35.0 Å². The van der Waals surface area contributed by atoms with Gasteiger partial charge < -0.3 is 4.42 Å². The van der Waals surface area contributed by atoms with E-state index in [0.717, 1.165) is 22.2 Å². The Morgan fingerprint density at radius 2 is 1.86 bits per heavy atom. The maximum Gasteiger partial charge on any atom is 0.104 e. The van der Waals surface area contributed by atoms with E-state index in [-0.39, 0.29) is 0 Å². The Labute approximate surface area is 91.9 Å². The van der Waals surface area contributed by atoms with Gasteiger partial charge in [0.2, 0.25) is 0 Å². The summed E-state index contributed by atoms with van der Waals surface area (Å²) in [5, 5.41) is 0. The summed E-state index contributed by atoms with van der Waals surface area (Å²) in [5.41, 5.74) is 2.34. The first-order valence-electron chi connectivity index (χ1n) is 4.63. The quantitative estimate of drug-likeness (QED) is 0.776. The van der Waals surface area contributed by atoms with Crippen molar-refractivity contribution in [3.8, 4) is 11.1 Å². The van der Waals surface area contributed by atoms with Crippen LogP contribution in [0.1, 0.15) is 12.7 Å². The van der Waals surface area contributed by atoms with Gasteiger partial charge in [0.15, 0.2) is 0 Å². The van der Waals surface area contributed by atoms with Crippen molar-refractivity contribution < 1.29 is 4.42 Å². The van der Waals surface area contributed by atoms with E-state index in [1.807, 2.05) is 18.4 Å². The molecule has 0 saturated carbocycles. The molecule has 0 bridgehead atoms. The van der Waals surface area contributed by atoms with Gasteiger partial charge in [-0.25, -0.2) is 0 Å². The lowest BCUT2D eigenvalue weighted by molar-refractivity contribution is 0.516. The van der Waals surface area contributed by atoms with Crippen LogP contribution in [0.3, 0.4) is 0 Å². The third-order valence-electron chi connectivity index (χ3n) is 2.18. The van der Waals surface area contributed by atoms with Crippen molar-refractivity contribution in [1.82, 2.24) is 0 Å². The van der Waals surface area contributed by atoms with Crippen LogP contribution in [-0.4, -0.2) is 0 Å². The summed E-state index contributed by atoms with van der Waals surface area (Å²) in [5.74, 6) is 1.03. The van der Waals surface area contributed by atoms with Crippen LogP contribution in [0.25, 0.3) is 11.1 Å². The van der Waals surface area contributed by atoms with E-state index in [2.05, 4.69) is 41.1 Å². The van der Waals surface area contributed by atoms with E-state index in [9.17, 15) is 0 Å². The van der Waals surface area contributed by atoms with Gasteiger partial charge in [0.05, 0.1) is 6.26 Å². The highest BCUT2D eigenvalue weighted by atomic mass is 79.9. The van der Waals surface area contributed by atoms with Crippen molar-refractivity contribution in [1.29, 1.82) is 0 Å². The lowest BCUT2D eigenvalue weighted by atomic mass is 10.1. The molecule has 0 saturated heterocycles. The Morgan fingerprint density at radius 3 is 2.43 bits per heavy atom. The second kappa shape index (κ2) is 4.01. The van der Waals surface area contributed by atoms with Crippen LogP contribution in [0, 0.1) is 0 Å². The van der Waals surface area contributed by atoms with E-state index in [0.29, 0.717) is 0 Å². The maximum atomic E-state index is 5.39. The van der Waals surface area contributed by atoms with E-state index in [1.54, 1.807) is 0 Å². The Bertz CT molecular complexity index is 414. The fourth-order valence-corrected chi connectivity index (χ4v) is 1.62. The molecule has 2 rings (SSSR count). The Kier molecular flexibility index (Phi) is 2.73. The SMILES string of the molecule is CCc1cc(-c2ccc(Br)cc2)co1. The van der Waals surface area contributed by atoms with Gasteiger partial charge in [0.25, 0.3) is 0 Å². The standard InChI is InChI=1S/C12H11BrO/c1-2-12-7-10(8-14-12)9-3-5-11(13)6-4-9/h3-8H,2H2,1H3. The zero-order valence-corrected chi connectivity index (χ0v) is 9.54. The second-order valence-electron chi connectivity index (χ2n) is 3.16. The fourth-order valence-electron chi connectivity index (χ4n) is 1.36. The van der Waals surface area contributed by atoms with Crippen LogP contribution in [0.4, 0.5) is 0 Å². The normalized spacial score (nSPS) is 10.4. The molecule has 0 aliphatic carbocycles. The third-order valence-corrected chi connectivity index (χ3v) is 2.71. The Morgan fingerprint density at radius 1 is 1.14 bits per heavy atom. The molecule has 72 valence electrons. The highest BCUT2D eigenvalue weighted by molar-refractivity contribution is 9.10. The molecule has 0 fully saturated rings. The summed E-state index contributed by atoms with van der Waals surface area (Å²) in [4.78, 5) is 0. The third kappa shape index (κ3) is 1.90. The molecule has 0 N–H and O–H groups in total. The van der Waals surface area contributed by atoms with Crippen molar-refractivity contribution in [3.63, 3.8) is 0 Å². The van der Waals surface area contributed by atoms with Gasteiger partial charge in [-0.15, -0.1) is 0 Å². The molecule has 1 aromatic carbocycles. The largest absolute Gasteiger partial charge is 0.469 e. The molecule has 1 heterocycles. The lowest BCUT2D eigenvalue weighted by Crippen LogP contribution is -1.73. The van der Waals surface area contributed by atoms with Crippen molar-refractivity contribution in [2.24, 2.45) is 0 Å². The average Bonchev–Trinajstić information content (AvgIpc) is 2.67. The molecule has 0 atom stereocenters. The zero-order chi connectivity index (χ0) is 9.97. The molecule has 1 aromatic heterocycles. The maximum absolute atomic E-state index is 5.39. The number of furan rings is 1. The number of hydrogen-bond acceptors (Lipinski definition) is 1. The van der Waals surface area contributed by atoms with Crippen LogP contribution in [0.15, 0.2) is 45.5 Å². The first-order chi connectivity index (χ1) is 6.79. The van der Waals surface area contributed by atoms with Gasteiger partial charge in [-0.3, -0.25) is 0 Å². The highest BCUT2D eigenvalue weighted by Gasteiger charge is 2.01. The smallest absolute Gasteiger partial charge is 0.104 e. The molecule has 0 aliphatic heterocycles. The molecule has 0 spiro atoms. The van der Waals surface area contributed by atoms with Crippen LogP contribution >= 0.6 is 15.9 Å². The molecule has 0 amide bonds. The van der Waals surface area contributed by atoms with Gasteiger partial charge in [0.1, 0.15) is 5.76 Å². The Hall–Kier alpha value is -1.02. The number of halogens is 1. The van der Waals surface area contributed by atoms with Gasteiger partial charge >= 0.3 is 0 Å². The molecule has 0 aliphatic rings. The molecule has 14 heavy (non-hydrogen) atoms. The van der Waals surface area contributed by atoms with E-state index in [4.69, 9.17) is 4.42 Å². The van der Waals surface area contributed by atoms with Crippen molar-refractivity contribution in [2.75, 3.05) is 0 Å². The number of aryl methyl sites for hydroxylation is 1. The second-order valence-corrected chi connectivity index (χ2v) is 4.08. The molecule has 0 radical (unpaired) electrons. The summed E-state index contributed by atoms with van der Waals surface area (Å²) in [6, 6.07) is 10.3. The molecule has 1 nitrogen and oxygen atoms in total. The predicted molar refractivity (Wildman–Crippen MR) is 61.2 cm³/mol. The summed E-state index contributed by atoms with van der Waals surface area (Å²) in [7, 11) is 0. The van der Waals surface area contributed by atoms with Crippen LogP contribution in [-0.2, 0) is 6.42 Å². The van der Waals surface area contributed by atoms with Crippen LogP contribution in [0.2, 0.25) is 0 Å². The minimum atomic E-state index is 0.941. The molecule has 0 unspecified atom stereocenters. The molecular weight excluding hydrogens is 240 g/mol. The van der Waals surface area contributed by atoms with Crippen molar-refractivity contribution >= 4 is 15.9 Å². The predicted octanol–water partition coefficient (Wildman–Crippen LogP) is 4.27. The topological polar surface area (TPSA) is 13.1 Å². The molecular formula is C12H11BrO. The number of benzene rings is 1. The summed E-state index contributed by atoms with van der Waals surface area (Å²) >= 11 is 3.41. The molecule has 2 aromatic rings. The van der Waals surface area contributed by atoms with Gasteiger partial charge in [-0.2, -0.15) is 0 Å². The number of rotatable bonds is 2. The average molecular weight is 251 g/mol. The van der Waals surface area contributed by atoms with Crippen LogP contribution < -0.4 is 0 Å². The minimum absolute atomic E-state index is 0.941. The first-order valence-corrected chi connectivity index (χ1v) is 5.42. The summed E-state index contributed by atoms with van der Waals surface area (Å²) < 4.78 is 6.48. The first kappa shape index (κ1) is 9.53. The zero-order valence-electron chi connectivity index (χ0n) is 7.96. The monoisotopic (exact) mass is 250 g/mol. The molecule has 2 heteroatoms. The van der Waals surface area contributed by atoms with Gasteiger partial charge in [-0.05, 0) is 23.8 Å².